The molecule has 1 saturated heterocycles. The van der Waals surface area contributed by atoms with Gasteiger partial charge in [0.05, 0.1) is 0 Å². The maximum absolute atomic E-state index is 4.53. The van der Waals surface area contributed by atoms with E-state index in [0.717, 1.165) is 24.7 Å². The van der Waals surface area contributed by atoms with Crippen molar-refractivity contribution in [1.82, 2.24) is 24.9 Å². The van der Waals surface area contributed by atoms with Crippen LogP contribution in [-0.4, -0.2) is 45.1 Å². The highest BCUT2D eigenvalue weighted by Crippen LogP contribution is 2.25. The highest BCUT2D eigenvalue weighted by atomic mass is 32.2. The average molecular weight is 303 g/mol. The Balaban J connectivity index is 1.88. The molecule has 8 heteroatoms. The van der Waals surface area contributed by atoms with Crippen LogP contribution in [-0.2, 0) is 0 Å². The van der Waals surface area contributed by atoms with Crippen LogP contribution in [0.5, 0.6) is 0 Å². The molecule has 0 spiro atoms. The second-order valence-electron chi connectivity index (χ2n) is 4.77. The minimum atomic E-state index is 0.571. The average Bonchev–Trinajstić information content (AvgIpc) is 3.01. The minimum Gasteiger partial charge on any atom is -0.357 e. The van der Waals surface area contributed by atoms with E-state index in [-0.39, 0.29) is 0 Å². The molecule has 1 aliphatic rings. The van der Waals surface area contributed by atoms with Crippen molar-refractivity contribution < 1.29 is 0 Å². The first kappa shape index (κ1) is 14.0. The van der Waals surface area contributed by atoms with Gasteiger partial charge in [-0.2, -0.15) is 15.0 Å². The Kier molecular flexibility index (Phi) is 4.14. The smallest absolute Gasteiger partial charge is 0.231 e. The molecule has 1 N–H and O–H groups in total. The van der Waals surface area contributed by atoms with Gasteiger partial charge < -0.3 is 10.2 Å². The number of rotatable bonds is 4. The van der Waals surface area contributed by atoms with Crippen LogP contribution in [0.3, 0.4) is 0 Å². The van der Waals surface area contributed by atoms with Gasteiger partial charge in [-0.25, -0.2) is 9.97 Å². The van der Waals surface area contributed by atoms with Crippen molar-refractivity contribution in [2.75, 3.05) is 30.4 Å². The van der Waals surface area contributed by atoms with Gasteiger partial charge in [-0.15, -0.1) is 0 Å². The van der Waals surface area contributed by atoms with Crippen molar-refractivity contribution in [3.63, 3.8) is 0 Å². The Morgan fingerprint density at radius 3 is 2.62 bits per heavy atom. The van der Waals surface area contributed by atoms with Crippen LogP contribution < -0.4 is 10.2 Å². The standard InChI is InChI=1S/C13H17N7S/c1-9-5-6-15-12(16-9)21-13-18-10(14-2)17-11(19-13)20-7-3-4-8-20/h5-6H,3-4,7-8H2,1-2H3,(H,14,17,18,19). The zero-order chi connectivity index (χ0) is 14.7. The van der Waals surface area contributed by atoms with Gasteiger partial charge in [0.15, 0.2) is 5.16 Å². The van der Waals surface area contributed by atoms with E-state index in [1.807, 2.05) is 13.0 Å². The van der Waals surface area contributed by atoms with Gasteiger partial charge in [0, 0.05) is 32.0 Å². The molecular formula is C13H17N7S. The first-order valence-corrected chi connectivity index (χ1v) is 7.72. The summed E-state index contributed by atoms with van der Waals surface area (Å²) < 4.78 is 0. The third-order valence-electron chi connectivity index (χ3n) is 3.17. The number of anilines is 2. The Labute approximate surface area is 127 Å². The van der Waals surface area contributed by atoms with Gasteiger partial charge in [0.1, 0.15) is 0 Å². The third kappa shape index (κ3) is 3.38. The van der Waals surface area contributed by atoms with Crippen molar-refractivity contribution in [3.05, 3.63) is 18.0 Å². The summed E-state index contributed by atoms with van der Waals surface area (Å²) in [6.07, 6.45) is 4.11. The second-order valence-corrected chi connectivity index (χ2v) is 5.70. The fourth-order valence-electron chi connectivity index (χ4n) is 2.12. The predicted molar refractivity (Wildman–Crippen MR) is 81.7 cm³/mol. The van der Waals surface area contributed by atoms with E-state index in [2.05, 4.69) is 35.1 Å². The molecule has 3 rings (SSSR count). The Morgan fingerprint density at radius 2 is 1.90 bits per heavy atom. The summed E-state index contributed by atoms with van der Waals surface area (Å²) in [7, 11) is 1.81. The molecule has 2 aromatic heterocycles. The number of aromatic nitrogens is 5. The van der Waals surface area contributed by atoms with Crippen molar-refractivity contribution in [2.45, 2.75) is 30.1 Å². The predicted octanol–water partition coefficient (Wildman–Crippen LogP) is 1.76. The Morgan fingerprint density at radius 1 is 1.10 bits per heavy atom. The molecule has 1 fully saturated rings. The molecule has 7 nitrogen and oxygen atoms in total. The monoisotopic (exact) mass is 303 g/mol. The van der Waals surface area contributed by atoms with E-state index in [0.29, 0.717) is 16.3 Å². The summed E-state index contributed by atoms with van der Waals surface area (Å²) >= 11 is 1.35. The molecule has 2 aromatic rings. The molecule has 3 heterocycles. The zero-order valence-corrected chi connectivity index (χ0v) is 12.9. The van der Waals surface area contributed by atoms with Gasteiger partial charge in [-0.05, 0) is 37.6 Å². The SMILES string of the molecule is CNc1nc(Sc2nccc(C)n2)nc(N2CCCC2)n1. The van der Waals surface area contributed by atoms with E-state index in [4.69, 9.17) is 0 Å². The normalized spacial score (nSPS) is 14.5. The van der Waals surface area contributed by atoms with E-state index in [1.54, 1.807) is 13.2 Å². The Bertz CT molecular complexity index is 628. The summed E-state index contributed by atoms with van der Waals surface area (Å²) in [5, 5.41) is 4.25. The molecule has 0 bridgehead atoms. The molecule has 21 heavy (non-hydrogen) atoms. The van der Waals surface area contributed by atoms with Crippen molar-refractivity contribution in [3.8, 4) is 0 Å². The van der Waals surface area contributed by atoms with Gasteiger partial charge in [-0.1, -0.05) is 0 Å². The number of aryl methyl sites for hydroxylation is 1. The third-order valence-corrected chi connectivity index (χ3v) is 3.92. The highest BCUT2D eigenvalue weighted by molar-refractivity contribution is 7.99. The lowest BCUT2D eigenvalue weighted by Gasteiger charge is -2.16. The van der Waals surface area contributed by atoms with Crippen LogP contribution >= 0.6 is 11.8 Å². The van der Waals surface area contributed by atoms with Crippen molar-refractivity contribution in [2.24, 2.45) is 0 Å². The number of hydrogen-bond donors (Lipinski definition) is 1. The molecule has 0 aliphatic carbocycles. The molecule has 0 aromatic carbocycles. The van der Waals surface area contributed by atoms with Crippen LogP contribution in [0.15, 0.2) is 22.6 Å². The lowest BCUT2D eigenvalue weighted by molar-refractivity contribution is 0.825. The molecule has 0 amide bonds. The van der Waals surface area contributed by atoms with E-state index in [9.17, 15) is 0 Å². The second kappa shape index (κ2) is 6.21. The molecule has 0 saturated carbocycles. The quantitative estimate of drug-likeness (QED) is 0.856. The summed E-state index contributed by atoms with van der Waals surface area (Å²) in [5.41, 5.74) is 0.926. The maximum atomic E-state index is 4.53. The Hall–Kier alpha value is -1.96. The lowest BCUT2D eigenvalue weighted by Crippen LogP contribution is -2.21. The largest absolute Gasteiger partial charge is 0.357 e. The van der Waals surface area contributed by atoms with E-state index < -0.39 is 0 Å². The minimum absolute atomic E-state index is 0.571. The summed E-state index contributed by atoms with van der Waals surface area (Å²) in [6, 6.07) is 1.87. The van der Waals surface area contributed by atoms with Gasteiger partial charge in [-0.3, -0.25) is 0 Å². The fourth-order valence-corrected chi connectivity index (χ4v) is 2.84. The summed E-state index contributed by atoms with van der Waals surface area (Å²) in [4.78, 5) is 24.1. The van der Waals surface area contributed by atoms with Gasteiger partial charge in [0.2, 0.25) is 17.1 Å². The lowest BCUT2D eigenvalue weighted by atomic mass is 10.4. The molecular weight excluding hydrogens is 286 g/mol. The van der Waals surface area contributed by atoms with Crippen molar-refractivity contribution in [1.29, 1.82) is 0 Å². The van der Waals surface area contributed by atoms with Crippen LogP contribution in [0.2, 0.25) is 0 Å². The van der Waals surface area contributed by atoms with Crippen LogP contribution in [0, 0.1) is 6.92 Å². The number of nitrogens with one attached hydrogen (secondary N) is 1. The first-order valence-electron chi connectivity index (χ1n) is 6.91. The van der Waals surface area contributed by atoms with Crippen LogP contribution in [0.1, 0.15) is 18.5 Å². The highest BCUT2D eigenvalue weighted by Gasteiger charge is 2.18. The topological polar surface area (TPSA) is 79.7 Å². The zero-order valence-electron chi connectivity index (χ0n) is 12.1. The maximum Gasteiger partial charge on any atom is 0.231 e. The number of hydrogen-bond acceptors (Lipinski definition) is 8. The van der Waals surface area contributed by atoms with E-state index in [1.165, 1.54) is 24.6 Å². The van der Waals surface area contributed by atoms with Crippen LogP contribution in [0.25, 0.3) is 0 Å². The van der Waals surface area contributed by atoms with E-state index >= 15 is 0 Å². The van der Waals surface area contributed by atoms with Crippen molar-refractivity contribution >= 4 is 23.7 Å². The first-order chi connectivity index (χ1) is 10.2. The van der Waals surface area contributed by atoms with Gasteiger partial charge >= 0.3 is 0 Å². The molecule has 0 radical (unpaired) electrons. The molecule has 0 unspecified atom stereocenters. The fraction of sp³-hybridized carbons (Fsp3) is 0.462. The molecule has 110 valence electrons. The number of nitrogens with zero attached hydrogens (tertiary/aromatic N) is 6. The summed E-state index contributed by atoms with van der Waals surface area (Å²) in [5.74, 6) is 1.30. The molecule has 0 atom stereocenters. The summed E-state index contributed by atoms with van der Waals surface area (Å²) in [6.45, 7) is 3.93. The van der Waals surface area contributed by atoms with Gasteiger partial charge in [0.25, 0.3) is 0 Å². The van der Waals surface area contributed by atoms with Crippen LogP contribution in [0.4, 0.5) is 11.9 Å². The molecule has 1 aliphatic heterocycles.